The number of aryl methyl sites for hydroxylation is 1. The molecule has 0 fully saturated rings. The first-order chi connectivity index (χ1) is 9.58. The normalized spacial score (nSPS) is 12.7. The highest BCUT2D eigenvalue weighted by atomic mass is 79.9. The maximum atomic E-state index is 6.31. The minimum absolute atomic E-state index is 0.0996. The molecular weight excluding hydrogens is 407 g/mol. The molecule has 1 N–H and O–H groups in total. The third kappa shape index (κ3) is 3.24. The molecule has 7 heteroatoms. The highest BCUT2D eigenvalue weighted by molar-refractivity contribution is 9.11. The van der Waals surface area contributed by atoms with Crippen LogP contribution in [0.5, 0.6) is 0 Å². The first kappa shape index (κ1) is 15.9. The second kappa shape index (κ2) is 7.02. The minimum atomic E-state index is -0.0996. The Balaban J connectivity index is 2.53. The molecule has 108 valence electrons. The molecule has 0 spiro atoms. The van der Waals surface area contributed by atoms with Gasteiger partial charge in [0.05, 0.1) is 28.6 Å². The topological polar surface area (TPSA) is 42.7 Å². The lowest BCUT2D eigenvalue weighted by Crippen LogP contribution is -2.26. The van der Waals surface area contributed by atoms with Crippen LogP contribution < -0.4 is 5.32 Å². The summed E-state index contributed by atoms with van der Waals surface area (Å²) in [7, 11) is 0. The van der Waals surface area contributed by atoms with E-state index in [1.807, 2.05) is 17.7 Å². The van der Waals surface area contributed by atoms with E-state index < -0.39 is 0 Å². The largest absolute Gasteiger partial charge is 0.304 e. The van der Waals surface area contributed by atoms with Crippen LogP contribution in [0.2, 0.25) is 5.02 Å². The van der Waals surface area contributed by atoms with E-state index in [0.717, 1.165) is 33.4 Å². The van der Waals surface area contributed by atoms with Crippen molar-refractivity contribution in [1.82, 2.24) is 20.1 Å². The van der Waals surface area contributed by atoms with E-state index in [0.29, 0.717) is 5.02 Å². The van der Waals surface area contributed by atoms with Crippen LogP contribution in [0.15, 0.2) is 27.4 Å². The molecule has 0 amide bonds. The van der Waals surface area contributed by atoms with Crippen LogP contribution in [-0.4, -0.2) is 21.3 Å². The molecule has 0 aromatic carbocycles. The Bertz CT molecular complexity index is 600. The highest BCUT2D eigenvalue weighted by Crippen LogP contribution is 2.32. The summed E-state index contributed by atoms with van der Waals surface area (Å²) in [4.78, 5) is 4.51. The van der Waals surface area contributed by atoms with E-state index in [9.17, 15) is 0 Å². The molecule has 0 radical (unpaired) electrons. The van der Waals surface area contributed by atoms with Gasteiger partial charge in [0.15, 0.2) is 0 Å². The molecule has 0 saturated heterocycles. The number of halogens is 3. The fourth-order valence-corrected chi connectivity index (χ4v) is 3.54. The first-order valence-electron chi connectivity index (χ1n) is 6.34. The number of pyridine rings is 1. The molecule has 2 aromatic rings. The van der Waals surface area contributed by atoms with Crippen molar-refractivity contribution in [2.75, 3.05) is 6.54 Å². The van der Waals surface area contributed by atoms with Crippen LogP contribution in [0.3, 0.4) is 0 Å². The summed E-state index contributed by atoms with van der Waals surface area (Å²) in [5, 5.41) is 8.37. The monoisotopic (exact) mass is 420 g/mol. The van der Waals surface area contributed by atoms with Crippen LogP contribution in [-0.2, 0) is 6.54 Å². The highest BCUT2D eigenvalue weighted by Gasteiger charge is 2.24. The zero-order valence-electron chi connectivity index (χ0n) is 11.2. The van der Waals surface area contributed by atoms with Gasteiger partial charge in [-0.15, -0.1) is 0 Å². The van der Waals surface area contributed by atoms with Crippen molar-refractivity contribution in [3.05, 3.63) is 43.8 Å². The minimum Gasteiger partial charge on any atom is -0.304 e. The van der Waals surface area contributed by atoms with E-state index in [4.69, 9.17) is 11.6 Å². The lowest BCUT2D eigenvalue weighted by Gasteiger charge is -2.20. The van der Waals surface area contributed by atoms with Gasteiger partial charge in [-0.25, -0.2) is 0 Å². The molecule has 1 atom stereocenters. The third-order valence-corrected chi connectivity index (χ3v) is 4.28. The van der Waals surface area contributed by atoms with Crippen LogP contribution in [0.25, 0.3) is 0 Å². The van der Waals surface area contributed by atoms with Gasteiger partial charge >= 0.3 is 0 Å². The number of aromatic nitrogens is 3. The van der Waals surface area contributed by atoms with Gasteiger partial charge in [0, 0.05) is 21.7 Å². The van der Waals surface area contributed by atoms with E-state index in [2.05, 4.69) is 54.2 Å². The Kier molecular flexibility index (Phi) is 5.60. The summed E-state index contributed by atoms with van der Waals surface area (Å²) in [5.74, 6) is 0. The van der Waals surface area contributed by atoms with Gasteiger partial charge in [0.25, 0.3) is 0 Å². The maximum Gasteiger partial charge on any atom is 0.0948 e. The van der Waals surface area contributed by atoms with Gasteiger partial charge in [-0.2, -0.15) is 5.10 Å². The average molecular weight is 423 g/mol. The predicted octanol–water partition coefficient (Wildman–Crippen LogP) is 4.18. The molecule has 0 saturated carbocycles. The lowest BCUT2D eigenvalue weighted by atomic mass is 10.1. The van der Waals surface area contributed by atoms with Gasteiger partial charge in [0.1, 0.15) is 0 Å². The Morgan fingerprint density at radius 3 is 2.70 bits per heavy atom. The van der Waals surface area contributed by atoms with Gasteiger partial charge in [0.2, 0.25) is 0 Å². The molecule has 0 bridgehead atoms. The van der Waals surface area contributed by atoms with Crippen LogP contribution in [0, 0.1) is 0 Å². The standard InChI is InChI=1S/C13H15Br2ClN4/c1-3-17-12(11-9(15)5-8(14)6-18-11)13-10(16)7-19-20(13)4-2/h5-7,12,17H,3-4H2,1-2H3. The van der Waals surface area contributed by atoms with E-state index in [-0.39, 0.29) is 6.04 Å². The summed E-state index contributed by atoms with van der Waals surface area (Å²) in [5.41, 5.74) is 1.83. The fourth-order valence-electron chi connectivity index (χ4n) is 2.08. The molecular formula is C13H15Br2ClN4. The van der Waals surface area contributed by atoms with Crippen molar-refractivity contribution >= 4 is 43.5 Å². The molecule has 0 aliphatic heterocycles. The Morgan fingerprint density at radius 1 is 1.35 bits per heavy atom. The van der Waals surface area contributed by atoms with Crippen LogP contribution in [0.1, 0.15) is 31.3 Å². The number of nitrogens with one attached hydrogen (secondary N) is 1. The second-order valence-electron chi connectivity index (χ2n) is 4.20. The summed E-state index contributed by atoms with van der Waals surface area (Å²) < 4.78 is 3.75. The predicted molar refractivity (Wildman–Crippen MR) is 88.1 cm³/mol. The summed E-state index contributed by atoms with van der Waals surface area (Å²) >= 11 is 13.3. The van der Waals surface area contributed by atoms with Crippen molar-refractivity contribution in [2.45, 2.75) is 26.4 Å². The number of hydrogen-bond donors (Lipinski definition) is 1. The number of hydrogen-bond acceptors (Lipinski definition) is 3. The molecule has 2 heterocycles. The molecule has 2 rings (SSSR count). The lowest BCUT2D eigenvalue weighted by molar-refractivity contribution is 0.533. The third-order valence-electron chi connectivity index (χ3n) is 2.92. The first-order valence-corrected chi connectivity index (χ1v) is 8.30. The maximum absolute atomic E-state index is 6.31. The SMILES string of the molecule is CCNC(c1ncc(Br)cc1Br)c1c(Cl)cnn1CC. The van der Waals surface area contributed by atoms with Crippen molar-refractivity contribution in [3.8, 4) is 0 Å². The summed E-state index contributed by atoms with van der Waals surface area (Å²) in [6.45, 7) is 5.67. The molecule has 1 unspecified atom stereocenters. The van der Waals surface area contributed by atoms with Gasteiger partial charge in [-0.1, -0.05) is 18.5 Å². The number of nitrogens with zero attached hydrogens (tertiary/aromatic N) is 3. The van der Waals surface area contributed by atoms with E-state index in [1.54, 1.807) is 12.4 Å². The molecule has 20 heavy (non-hydrogen) atoms. The second-order valence-corrected chi connectivity index (χ2v) is 6.38. The molecule has 2 aromatic heterocycles. The van der Waals surface area contributed by atoms with Crippen molar-refractivity contribution in [3.63, 3.8) is 0 Å². The molecule has 0 aliphatic rings. The van der Waals surface area contributed by atoms with Gasteiger partial charge < -0.3 is 5.32 Å². The quantitative estimate of drug-likeness (QED) is 0.786. The molecule has 0 aliphatic carbocycles. The van der Waals surface area contributed by atoms with Gasteiger partial charge in [-0.05, 0) is 51.4 Å². The number of rotatable bonds is 5. The van der Waals surface area contributed by atoms with E-state index >= 15 is 0 Å². The van der Waals surface area contributed by atoms with Crippen molar-refractivity contribution in [1.29, 1.82) is 0 Å². The Labute approximate surface area is 140 Å². The Hall–Kier alpha value is -0.430. The Morgan fingerprint density at radius 2 is 2.10 bits per heavy atom. The molecule has 4 nitrogen and oxygen atoms in total. The average Bonchev–Trinajstić information content (AvgIpc) is 2.78. The zero-order valence-corrected chi connectivity index (χ0v) is 15.1. The zero-order chi connectivity index (χ0) is 14.7. The van der Waals surface area contributed by atoms with Crippen LogP contribution in [0.4, 0.5) is 0 Å². The van der Waals surface area contributed by atoms with Crippen LogP contribution >= 0.6 is 43.5 Å². The summed E-state index contributed by atoms with van der Waals surface area (Å²) in [6, 6.07) is 1.88. The summed E-state index contributed by atoms with van der Waals surface area (Å²) in [6.07, 6.45) is 3.46. The fraction of sp³-hybridized carbons (Fsp3) is 0.385. The van der Waals surface area contributed by atoms with Gasteiger partial charge in [-0.3, -0.25) is 9.67 Å². The smallest absolute Gasteiger partial charge is 0.0948 e. The van der Waals surface area contributed by atoms with Crippen molar-refractivity contribution < 1.29 is 0 Å². The van der Waals surface area contributed by atoms with E-state index in [1.165, 1.54) is 0 Å². The van der Waals surface area contributed by atoms with Crippen molar-refractivity contribution in [2.24, 2.45) is 0 Å².